The van der Waals surface area contributed by atoms with E-state index in [1.54, 1.807) is 0 Å². The lowest BCUT2D eigenvalue weighted by Gasteiger charge is -2.17. The molecule has 0 bridgehead atoms. The van der Waals surface area contributed by atoms with Gasteiger partial charge in [0.05, 0.1) is 6.04 Å². The van der Waals surface area contributed by atoms with E-state index in [0.717, 1.165) is 5.56 Å². The molecule has 0 spiro atoms. The molecule has 1 aromatic rings. The van der Waals surface area contributed by atoms with E-state index in [9.17, 15) is 13.2 Å². The Hall–Kier alpha value is -1.27. The lowest BCUT2D eigenvalue weighted by molar-refractivity contribution is 0.170. The Balaban J connectivity index is 2.19. The van der Waals surface area contributed by atoms with Crippen LogP contribution in [-0.2, 0) is 20.4 Å². The molecule has 1 aliphatic heterocycles. The number of hydrogen-bond donors (Lipinski definition) is 0. The summed E-state index contributed by atoms with van der Waals surface area (Å²) in [6.07, 6.45) is -0.528. The summed E-state index contributed by atoms with van der Waals surface area (Å²) in [5, 5.41) is 0. The molecule has 17 heavy (non-hydrogen) atoms. The van der Waals surface area contributed by atoms with Crippen LogP contribution in [0.4, 0.5) is 4.79 Å². The summed E-state index contributed by atoms with van der Waals surface area (Å²) in [6.45, 7) is 0.0275. The fourth-order valence-electron chi connectivity index (χ4n) is 1.74. The number of hydrogen-bond acceptors (Lipinski definition) is 4. The Morgan fingerprint density at radius 2 is 2.00 bits per heavy atom. The first-order chi connectivity index (χ1) is 7.98. The molecule has 92 valence electrons. The van der Waals surface area contributed by atoms with Gasteiger partial charge in [-0.15, -0.1) is 0 Å². The summed E-state index contributed by atoms with van der Waals surface area (Å²) in [4.78, 5) is 11.3. The maximum Gasteiger partial charge on any atom is 0.424 e. The van der Waals surface area contributed by atoms with Crippen LogP contribution >= 0.6 is 10.7 Å². The minimum absolute atomic E-state index is 0.0275. The number of carbonyl (C=O) groups is 1. The second-order valence-corrected chi connectivity index (χ2v) is 6.05. The van der Waals surface area contributed by atoms with Gasteiger partial charge in [0.25, 0.3) is 0 Å². The number of cyclic esters (lactones) is 1. The van der Waals surface area contributed by atoms with Gasteiger partial charge >= 0.3 is 15.3 Å². The summed E-state index contributed by atoms with van der Waals surface area (Å²) in [5.41, 5.74) is 0.918. The van der Waals surface area contributed by atoms with E-state index in [2.05, 4.69) is 0 Å². The van der Waals surface area contributed by atoms with E-state index < -0.39 is 21.4 Å². The molecule has 1 atom stereocenters. The number of benzene rings is 1. The minimum Gasteiger partial charge on any atom is -0.446 e. The number of rotatable bonds is 3. The summed E-state index contributed by atoms with van der Waals surface area (Å²) in [6, 6.07) is 8.66. The van der Waals surface area contributed by atoms with Crippen LogP contribution in [-0.4, -0.2) is 31.5 Å². The summed E-state index contributed by atoms with van der Waals surface area (Å²) in [7, 11) is 1.10. The molecule has 1 aromatic carbocycles. The molecule has 5 nitrogen and oxygen atoms in total. The first-order valence-corrected chi connectivity index (χ1v) is 7.20. The maximum absolute atomic E-state index is 11.3. The quantitative estimate of drug-likeness (QED) is 0.785. The molecule has 0 saturated carbocycles. The Morgan fingerprint density at radius 1 is 1.35 bits per heavy atom. The predicted molar refractivity (Wildman–Crippen MR) is 61.9 cm³/mol. The van der Waals surface area contributed by atoms with Crippen LogP contribution in [0.2, 0.25) is 0 Å². The number of carbonyl (C=O) groups excluding carboxylic acids is 1. The first kappa shape index (κ1) is 12.2. The zero-order valence-electron chi connectivity index (χ0n) is 8.74. The monoisotopic (exact) mass is 275 g/mol. The van der Waals surface area contributed by atoms with E-state index in [1.165, 1.54) is 0 Å². The highest BCUT2D eigenvalue weighted by Crippen LogP contribution is 2.22. The topological polar surface area (TPSA) is 63.7 Å². The molecule has 1 aliphatic rings. The molecular weight excluding hydrogens is 266 g/mol. The molecule has 0 N–H and O–H groups in total. The Morgan fingerprint density at radius 3 is 2.59 bits per heavy atom. The van der Waals surface area contributed by atoms with Crippen LogP contribution in [0.15, 0.2) is 30.3 Å². The van der Waals surface area contributed by atoms with Gasteiger partial charge in [-0.05, 0) is 12.0 Å². The third-order valence-corrected chi connectivity index (χ3v) is 3.82. The molecule has 1 heterocycles. The Bertz CT molecular complexity index is 516. The SMILES string of the molecule is O=C1OC[C@@H](Cc2ccccc2)N1S(=O)(=O)Cl. The minimum atomic E-state index is -4.09. The number of halogens is 1. The van der Waals surface area contributed by atoms with Gasteiger partial charge in [0.1, 0.15) is 6.61 Å². The number of amides is 1. The summed E-state index contributed by atoms with van der Waals surface area (Å²) in [5.74, 6) is 0. The number of nitrogens with zero attached hydrogens (tertiary/aromatic N) is 1. The first-order valence-electron chi connectivity index (χ1n) is 4.93. The third-order valence-electron chi connectivity index (χ3n) is 2.46. The molecule has 1 saturated heterocycles. The highest BCUT2D eigenvalue weighted by atomic mass is 35.7. The number of ether oxygens (including phenoxy) is 1. The highest BCUT2D eigenvalue weighted by Gasteiger charge is 2.40. The largest absolute Gasteiger partial charge is 0.446 e. The second kappa shape index (κ2) is 4.54. The van der Waals surface area contributed by atoms with Crippen molar-refractivity contribution in [3.8, 4) is 0 Å². The van der Waals surface area contributed by atoms with E-state index in [1.807, 2.05) is 30.3 Å². The van der Waals surface area contributed by atoms with Crippen molar-refractivity contribution >= 4 is 26.0 Å². The Labute approximate surface area is 103 Å². The molecule has 0 radical (unpaired) electrons. The maximum atomic E-state index is 11.3. The van der Waals surface area contributed by atoms with Gasteiger partial charge in [0.15, 0.2) is 0 Å². The standard InChI is InChI=1S/C10H10ClNO4S/c11-17(14,15)12-9(7-16-10(12)13)6-8-4-2-1-3-5-8/h1-5,9H,6-7H2/t9-/m1/s1. The predicted octanol–water partition coefficient (Wildman–Crippen LogP) is 1.53. The van der Waals surface area contributed by atoms with Gasteiger partial charge in [0, 0.05) is 10.7 Å². The van der Waals surface area contributed by atoms with Gasteiger partial charge in [-0.2, -0.15) is 12.7 Å². The van der Waals surface area contributed by atoms with E-state index >= 15 is 0 Å². The van der Waals surface area contributed by atoms with Crippen LogP contribution in [0.5, 0.6) is 0 Å². The molecule has 0 aliphatic carbocycles. The van der Waals surface area contributed by atoms with E-state index in [0.29, 0.717) is 10.7 Å². The zero-order valence-corrected chi connectivity index (χ0v) is 10.3. The molecule has 0 aromatic heterocycles. The molecule has 1 amide bonds. The van der Waals surface area contributed by atoms with Crippen LogP contribution in [0, 0.1) is 0 Å². The zero-order chi connectivity index (χ0) is 12.5. The van der Waals surface area contributed by atoms with Crippen molar-refractivity contribution in [3.63, 3.8) is 0 Å². The second-order valence-electron chi connectivity index (χ2n) is 3.66. The molecule has 2 rings (SSSR count). The van der Waals surface area contributed by atoms with Crippen molar-refractivity contribution in [1.29, 1.82) is 0 Å². The van der Waals surface area contributed by atoms with Gasteiger partial charge in [-0.1, -0.05) is 30.3 Å². The van der Waals surface area contributed by atoms with Crippen molar-refractivity contribution in [2.24, 2.45) is 0 Å². The fraction of sp³-hybridized carbons (Fsp3) is 0.300. The van der Waals surface area contributed by atoms with Crippen LogP contribution < -0.4 is 0 Å². The smallest absolute Gasteiger partial charge is 0.424 e. The molecule has 7 heteroatoms. The van der Waals surface area contributed by atoms with Gasteiger partial charge in [-0.25, -0.2) is 4.79 Å². The highest BCUT2D eigenvalue weighted by molar-refractivity contribution is 8.12. The third kappa shape index (κ3) is 2.70. The van der Waals surface area contributed by atoms with Crippen molar-refractivity contribution in [2.75, 3.05) is 6.61 Å². The average Bonchev–Trinajstić information content (AvgIpc) is 2.60. The molecule has 0 unspecified atom stereocenters. The summed E-state index contributed by atoms with van der Waals surface area (Å²) < 4.78 is 27.8. The van der Waals surface area contributed by atoms with Gasteiger partial charge < -0.3 is 4.74 Å². The van der Waals surface area contributed by atoms with Crippen molar-refractivity contribution in [2.45, 2.75) is 12.5 Å². The molecule has 1 fully saturated rings. The fourth-order valence-corrected chi connectivity index (χ4v) is 2.97. The van der Waals surface area contributed by atoms with Crippen LogP contribution in [0.1, 0.15) is 5.56 Å². The lowest BCUT2D eigenvalue weighted by atomic mass is 10.1. The summed E-state index contributed by atoms with van der Waals surface area (Å²) >= 11 is 0. The van der Waals surface area contributed by atoms with Gasteiger partial charge in [-0.3, -0.25) is 0 Å². The molecular formula is C10H10ClNO4S. The van der Waals surface area contributed by atoms with E-state index in [4.69, 9.17) is 15.4 Å². The average molecular weight is 276 g/mol. The van der Waals surface area contributed by atoms with E-state index in [-0.39, 0.29) is 6.61 Å². The Kier molecular flexibility index (Phi) is 3.26. The lowest BCUT2D eigenvalue weighted by Crippen LogP contribution is -2.37. The van der Waals surface area contributed by atoms with Gasteiger partial charge in [0.2, 0.25) is 0 Å². The van der Waals surface area contributed by atoms with Crippen LogP contribution in [0.3, 0.4) is 0 Å². The van der Waals surface area contributed by atoms with Crippen molar-refractivity contribution in [3.05, 3.63) is 35.9 Å². The van der Waals surface area contributed by atoms with Crippen LogP contribution in [0.25, 0.3) is 0 Å². The normalized spacial score (nSPS) is 20.4. The van der Waals surface area contributed by atoms with Crippen molar-refractivity contribution in [1.82, 2.24) is 4.31 Å². The van der Waals surface area contributed by atoms with Crippen molar-refractivity contribution < 1.29 is 17.9 Å².